The summed E-state index contributed by atoms with van der Waals surface area (Å²) in [6.45, 7) is 2.26. The number of rotatable bonds is 13. The molecule has 2 bridgehead atoms. The molecule has 0 heterocycles. The second kappa shape index (κ2) is 21.3. The van der Waals surface area contributed by atoms with Gasteiger partial charge in [0.15, 0.2) is 0 Å². The van der Waals surface area contributed by atoms with E-state index in [1.807, 2.05) is 0 Å². The highest BCUT2D eigenvalue weighted by Gasteiger charge is 2.47. The summed E-state index contributed by atoms with van der Waals surface area (Å²) in [7, 11) is 0. The zero-order chi connectivity index (χ0) is 55.3. The van der Waals surface area contributed by atoms with E-state index in [2.05, 4.69) is 320 Å². The second-order valence-electron chi connectivity index (χ2n) is 23.2. The third kappa shape index (κ3) is 8.80. The van der Waals surface area contributed by atoms with Crippen molar-refractivity contribution in [3.8, 4) is 55.6 Å². The molecule has 3 aliphatic carbocycles. The van der Waals surface area contributed by atoms with Crippen molar-refractivity contribution in [2.45, 2.75) is 43.9 Å². The maximum atomic E-state index is 2.50. The predicted molar refractivity (Wildman–Crippen MR) is 348 cm³/mol. The van der Waals surface area contributed by atoms with Crippen LogP contribution >= 0.6 is 0 Å². The fourth-order valence-electron chi connectivity index (χ4n) is 14.9. The highest BCUT2D eigenvalue weighted by molar-refractivity contribution is 5.97. The van der Waals surface area contributed by atoms with Gasteiger partial charge in [0.25, 0.3) is 0 Å². The molecule has 3 aliphatic rings. The first-order valence-electron chi connectivity index (χ1n) is 29.7. The molecule has 3 atom stereocenters. The fraction of sp³-hybridized carbons (Fsp3) is 0.111. The molecular weight excluding hydrogens is 1000 g/mol. The number of aryl methyl sites for hydroxylation is 1. The summed E-state index contributed by atoms with van der Waals surface area (Å²) in [6, 6.07) is 113. The Balaban J connectivity index is 0.852. The molecule has 0 amide bonds. The molecule has 0 radical (unpaired) electrons. The van der Waals surface area contributed by atoms with E-state index >= 15 is 0 Å². The first-order chi connectivity index (χ1) is 41.1. The molecule has 2 nitrogen and oxygen atoms in total. The average Bonchev–Trinajstić information content (AvgIpc) is 2.44. The lowest BCUT2D eigenvalue weighted by atomic mass is 9.67. The highest BCUT2D eigenvalue weighted by Crippen LogP contribution is 2.59. The SMILES string of the molecule is Cc1cccc2c1-c1ccc(N(c3ccccc3)c3ccc(-c4cc(-c5ccccc5)c(-c5ccc(N(c6ccccc6)c6ccccc6C6CC7CCC6C7)cc5)cc4-c4ccccc4)cc3)cc1C2(c1ccccc1)c1ccccc1. The smallest absolute Gasteiger partial charge is 0.0714 e. The van der Waals surface area contributed by atoms with Crippen molar-refractivity contribution in [3.63, 3.8) is 0 Å². The number of benzene rings is 12. The monoisotopic (exact) mass is 1060 g/mol. The van der Waals surface area contributed by atoms with Crippen molar-refractivity contribution in [3.05, 3.63) is 337 Å². The van der Waals surface area contributed by atoms with E-state index in [0.29, 0.717) is 5.92 Å². The molecule has 15 rings (SSSR count). The van der Waals surface area contributed by atoms with Crippen LogP contribution < -0.4 is 9.80 Å². The number of hydrogen-bond acceptors (Lipinski definition) is 2. The van der Waals surface area contributed by atoms with Crippen molar-refractivity contribution in [1.29, 1.82) is 0 Å². The Kier molecular flexibility index (Phi) is 12.9. The van der Waals surface area contributed by atoms with Gasteiger partial charge in [0.1, 0.15) is 0 Å². The van der Waals surface area contributed by atoms with Crippen LogP contribution in [0, 0.1) is 18.8 Å². The molecule has 0 saturated heterocycles. The van der Waals surface area contributed by atoms with E-state index in [-0.39, 0.29) is 0 Å². The topological polar surface area (TPSA) is 6.48 Å². The van der Waals surface area contributed by atoms with E-state index in [0.717, 1.165) is 40.1 Å². The molecule has 0 aliphatic heterocycles. The van der Waals surface area contributed by atoms with Gasteiger partial charge < -0.3 is 9.80 Å². The van der Waals surface area contributed by atoms with Crippen molar-refractivity contribution in [2.24, 2.45) is 11.8 Å². The third-order valence-electron chi connectivity index (χ3n) is 18.6. The number of nitrogens with zero attached hydrogens (tertiary/aromatic N) is 2. The lowest BCUT2D eigenvalue weighted by Crippen LogP contribution is -2.28. The molecule has 2 heteroatoms. The van der Waals surface area contributed by atoms with Crippen LogP contribution in [0.4, 0.5) is 34.1 Å². The van der Waals surface area contributed by atoms with Crippen LogP contribution in [0.25, 0.3) is 55.6 Å². The van der Waals surface area contributed by atoms with Gasteiger partial charge in [-0.15, -0.1) is 0 Å². The highest BCUT2D eigenvalue weighted by atomic mass is 15.1. The molecule has 12 aromatic carbocycles. The van der Waals surface area contributed by atoms with Gasteiger partial charge in [-0.3, -0.25) is 0 Å². The van der Waals surface area contributed by atoms with Gasteiger partial charge in [0, 0.05) is 34.1 Å². The van der Waals surface area contributed by atoms with E-state index in [1.54, 1.807) is 0 Å². The van der Waals surface area contributed by atoms with Crippen LogP contribution in [0.3, 0.4) is 0 Å². The van der Waals surface area contributed by atoms with Gasteiger partial charge in [0.2, 0.25) is 0 Å². The van der Waals surface area contributed by atoms with Gasteiger partial charge in [-0.25, -0.2) is 0 Å². The van der Waals surface area contributed by atoms with Crippen molar-refractivity contribution >= 4 is 34.1 Å². The number of anilines is 6. The summed E-state index contributed by atoms with van der Waals surface area (Å²) in [4.78, 5) is 4.92. The molecule has 2 saturated carbocycles. The molecule has 2 fully saturated rings. The minimum Gasteiger partial charge on any atom is -0.310 e. The maximum Gasteiger partial charge on any atom is 0.0714 e. The van der Waals surface area contributed by atoms with Crippen LogP contribution in [-0.2, 0) is 5.41 Å². The standard InChI is InChI=1S/C81H64N2/c1-56-23-22-37-77-80(56)71-50-49-69(53-78(71)81(77,63-28-12-4-13-29-63)64-30-14-5-15-31-64)82(65-32-16-6-17-33-65)67-45-41-60(42-46-67)75-54-74(59-26-10-3-11-27-59)76(55-73(75)58-24-8-2-9-25-58)61-43-47-68(48-44-61)83(66-34-18-7-19-35-66)79-38-21-20-36-70(79)72-52-57-39-40-62(72)51-57/h2-38,41-50,53-55,57,62,72H,39-40,51-52H2,1H3. The molecule has 0 N–H and O–H groups in total. The summed E-state index contributed by atoms with van der Waals surface area (Å²) in [6.07, 6.45) is 5.43. The molecule has 83 heavy (non-hydrogen) atoms. The molecular formula is C81H64N2. The summed E-state index contributed by atoms with van der Waals surface area (Å²) >= 11 is 0. The van der Waals surface area contributed by atoms with Crippen LogP contribution in [0.5, 0.6) is 0 Å². The first kappa shape index (κ1) is 50.2. The minimum absolute atomic E-state index is 0.525. The average molecular weight is 1070 g/mol. The lowest BCUT2D eigenvalue weighted by molar-refractivity contribution is 0.420. The Morgan fingerprint density at radius 1 is 0.325 bits per heavy atom. The van der Waals surface area contributed by atoms with Gasteiger partial charge >= 0.3 is 0 Å². The lowest BCUT2D eigenvalue weighted by Gasteiger charge is -2.35. The van der Waals surface area contributed by atoms with Crippen LogP contribution in [0.15, 0.2) is 303 Å². The predicted octanol–water partition coefficient (Wildman–Crippen LogP) is 21.9. The fourth-order valence-corrected chi connectivity index (χ4v) is 14.9. The summed E-state index contributed by atoms with van der Waals surface area (Å²) in [5.74, 6) is 2.25. The van der Waals surface area contributed by atoms with E-state index in [1.165, 1.54) is 121 Å². The van der Waals surface area contributed by atoms with E-state index < -0.39 is 5.41 Å². The Hall–Kier alpha value is -9.76. The Morgan fingerprint density at radius 3 is 1.29 bits per heavy atom. The third-order valence-corrected chi connectivity index (χ3v) is 18.6. The number of hydrogen-bond donors (Lipinski definition) is 0. The molecule has 0 spiro atoms. The second-order valence-corrected chi connectivity index (χ2v) is 23.2. The van der Waals surface area contributed by atoms with E-state index in [4.69, 9.17) is 0 Å². The van der Waals surface area contributed by atoms with Crippen molar-refractivity contribution < 1.29 is 0 Å². The van der Waals surface area contributed by atoms with Gasteiger partial charge in [-0.05, 0) is 212 Å². The molecule has 398 valence electrons. The Bertz CT molecular complexity index is 4210. The first-order valence-corrected chi connectivity index (χ1v) is 29.7. The van der Waals surface area contributed by atoms with Crippen molar-refractivity contribution in [1.82, 2.24) is 0 Å². The van der Waals surface area contributed by atoms with Gasteiger partial charge in [0.05, 0.1) is 5.41 Å². The van der Waals surface area contributed by atoms with E-state index in [9.17, 15) is 0 Å². The van der Waals surface area contributed by atoms with Crippen LogP contribution in [-0.4, -0.2) is 0 Å². The van der Waals surface area contributed by atoms with Crippen LogP contribution in [0.2, 0.25) is 0 Å². The molecule has 3 unspecified atom stereocenters. The minimum atomic E-state index is -0.525. The normalized spacial score (nSPS) is 16.3. The number of para-hydroxylation sites is 3. The van der Waals surface area contributed by atoms with Gasteiger partial charge in [-0.2, -0.15) is 0 Å². The van der Waals surface area contributed by atoms with Gasteiger partial charge in [-0.1, -0.05) is 231 Å². The zero-order valence-electron chi connectivity index (χ0n) is 46.8. The maximum absolute atomic E-state index is 2.50. The summed E-state index contributed by atoms with van der Waals surface area (Å²) < 4.78 is 0. The Morgan fingerprint density at radius 2 is 0.771 bits per heavy atom. The van der Waals surface area contributed by atoms with Crippen LogP contribution in [0.1, 0.15) is 65.0 Å². The zero-order valence-corrected chi connectivity index (χ0v) is 46.8. The Labute approximate surface area is 489 Å². The largest absolute Gasteiger partial charge is 0.310 e. The quantitative estimate of drug-likeness (QED) is 0.114. The summed E-state index contributed by atoms with van der Waals surface area (Å²) in [5, 5.41) is 0. The van der Waals surface area contributed by atoms with Crippen molar-refractivity contribution in [2.75, 3.05) is 9.80 Å². The summed E-state index contributed by atoms with van der Waals surface area (Å²) in [5.41, 5.74) is 26.3. The number of fused-ring (bicyclic) bond motifs is 5. The molecule has 12 aromatic rings. The molecule has 0 aromatic heterocycles.